The highest BCUT2D eigenvalue weighted by molar-refractivity contribution is 5.80. The molecule has 0 spiro atoms. The quantitative estimate of drug-likeness (QED) is 0.850. The van der Waals surface area contributed by atoms with E-state index in [1.54, 1.807) is 7.11 Å². The number of ether oxygens (including phenoxy) is 1. The Balaban J connectivity index is 1.88. The summed E-state index contributed by atoms with van der Waals surface area (Å²) in [4.78, 5) is 11.8. The molecule has 0 unspecified atom stereocenters. The Hall–Kier alpha value is -1.92. The first-order chi connectivity index (χ1) is 11.3. The molecule has 0 aliphatic carbocycles. The van der Waals surface area contributed by atoms with Crippen LogP contribution in [0.5, 0.6) is 0 Å². The number of methoxy groups -OCH3 is 1. The summed E-state index contributed by atoms with van der Waals surface area (Å²) < 4.78 is 4.97. The van der Waals surface area contributed by atoms with Gasteiger partial charge in [-0.25, -0.2) is 9.97 Å². The molecule has 1 aliphatic rings. The number of hydrogen-bond donors (Lipinski definition) is 2. The van der Waals surface area contributed by atoms with E-state index in [2.05, 4.69) is 10.2 Å². The summed E-state index contributed by atoms with van der Waals surface area (Å²) in [5.74, 6) is 1.62. The second kappa shape index (κ2) is 7.57. The minimum Gasteiger partial charge on any atom is -0.389 e. The molecule has 2 heterocycles. The second-order valence-electron chi connectivity index (χ2n) is 5.92. The number of fused-ring (bicyclic) bond motifs is 1. The van der Waals surface area contributed by atoms with Crippen LogP contribution in [0, 0.1) is 0 Å². The first-order valence-corrected chi connectivity index (χ1v) is 8.20. The molecule has 124 valence electrons. The zero-order chi connectivity index (χ0) is 16.1. The van der Waals surface area contributed by atoms with E-state index < -0.39 is 6.10 Å². The molecule has 1 fully saturated rings. The highest BCUT2D eigenvalue weighted by Gasteiger charge is 2.18. The number of para-hydroxylation sites is 2. The van der Waals surface area contributed by atoms with E-state index in [-0.39, 0.29) is 0 Å². The molecule has 2 aromatic rings. The van der Waals surface area contributed by atoms with Gasteiger partial charge < -0.3 is 20.1 Å². The van der Waals surface area contributed by atoms with E-state index in [0.29, 0.717) is 13.2 Å². The monoisotopic (exact) mass is 316 g/mol. The van der Waals surface area contributed by atoms with Crippen LogP contribution in [-0.2, 0) is 4.74 Å². The summed E-state index contributed by atoms with van der Waals surface area (Å²) >= 11 is 0. The summed E-state index contributed by atoms with van der Waals surface area (Å²) in [6, 6.07) is 7.88. The first-order valence-electron chi connectivity index (χ1n) is 8.20. The maximum Gasteiger partial charge on any atom is 0.172 e. The van der Waals surface area contributed by atoms with Crippen molar-refractivity contribution >= 4 is 22.7 Å². The Bertz CT molecular complexity index is 644. The van der Waals surface area contributed by atoms with Crippen molar-refractivity contribution in [3.05, 3.63) is 24.3 Å². The van der Waals surface area contributed by atoms with E-state index in [4.69, 9.17) is 14.7 Å². The van der Waals surface area contributed by atoms with E-state index in [9.17, 15) is 5.11 Å². The van der Waals surface area contributed by atoms with Crippen molar-refractivity contribution in [3.63, 3.8) is 0 Å². The average Bonchev–Trinajstić information content (AvgIpc) is 2.60. The predicted octanol–water partition coefficient (Wildman–Crippen LogP) is 2.04. The van der Waals surface area contributed by atoms with Crippen LogP contribution in [0.15, 0.2) is 24.3 Å². The van der Waals surface area contributed by atoms with Gasteiger partial charge in [0.15, 0.2) is 11.6 Å². The lowest BCUT2D eigenvalue weighted by molar-refractivity contribution is 0.0727. The Kier molecular flexibility index (Phi) is 5.25. The number of hydrogen-bond acceptors (Lipinski definition) is 6. The van der Waals surface area contributed by atoms with Gasteiger partial charge in [-0.2, -0.15) is 0 Å². The first kappa shape index (κ1) is 16.0. The number of aromatic nitrogens is 2. The van der Waals surface area contributed by atoms with Crippen LogP contribution in [0.25, 0.3) is 11.0 Å². The molecule has 1 aliphatic heterocycles. The molecule has 3 rings (SSSR count). The maximum atomic E-state index is 9.88. The fourth-order valence-corrected chi connectivity index (χ4v) is 2.90. The zero-order valence-corrected chi connectivity index (χ0v) is 13.5. The molecular weight excluding hydrogens is 292 g/mol. The summed E-state index contributed by atoms with van der Waals surface area (Å²) in [6.07, 6.45) is 3.07. The molecule has 6 nitrogen and oxygen atoms in total. The number of aliphatic hydroxyl groups is 1. The molecule has 1 atom stereocenters. The van der Waals surface area contributed by atoms with Crippen LogP contribution in [0.4, 0.5) is 11.6 Å². The van der Waals surface area contributed by atoms with Gasteiger partial charge in [0.1, 0.15) is 0 Å². The molecule has 0 bridgehead atoms. The normalized spacial score (nSPS) is 16.5. The third kappa shape index (κ3) is 3.89. The molecule has 6 heteroatoms. The van der Waals surface area contributed by atoms with Gasteiger partial charge in [0.05, 0.1) is 23.7 Å². The second-order valence-corrected chi connectivity index (χ2v) is 5.92. The minimum atomic E-state index is -0.567. The standard InChI is InChI=1S/C17H24N4O2/c1-23-12-13(22)11-18-16-17(21-9-5-2-6-10-21)20-15-8-4-3-7-14(15)19-16/h3-4,7-8,13,22H,2,5-6,9-12H2,1H3,(H,18,19)/t13-/m0/s1. The van der Waals surface area contributed by atoms with E-state index >= 15 is 0 Å². The smallest absolute Gasteiger partial charge is 0.172 e. The zero-order valence-electron chi connectivity index (χ0n) is 13.5. The third-order valence-corrected chi connectivity index (χ3v) is 4.07. The van der Waals surface area contributed by atoms with Crippen LogP contribution in [0.1, 0.15) is 19.3 Å². The molecule has 1 aromatic heterocycles. The van der Waals surface area contributed by atoms with Crippen molar-refractivity contribution in [3.8, 4) is 0 Å². The fraction of sp³-hybridized carbons (Fsp3) is 0.529. The molecular formula is C17H24N4O2. The van der Waals surface area contributed by atoms with Gasteiger partial charge in [0.2, 0.25) is 0 Å². The van der Waals surface area contributed by atoms with Gasteiger partial charge in [0, 0.05) is 26.7 Å². The van der Waals surface area contributed by atoms with E-state index in [0.717, 1.165) is 35.8 Å². The van der Waals surface area contributed by atoms with Gasteiger partial charge in [-0.1, -0.05) is 12.1 Å². The lowest BCUT2D eigenvalue weighted by atomic mass is 10.1. The molecule has 0 radical (unpaired) electrons. The Morgan fingerprint density at radius 1 is 1.17 bits per heavy atom. The van der Waals surface area contributed by atoms with Gasteiger partial charge >= 0.3 is 0 Å². The van der Waals surface area contributed by atoms with Crippen molar-refractivity contribution in [2.45, 2.75) is 25.4 Å². The van der Waals surface area contributed by atoms with E-state index in [1.165, 1.54) is 19.3 Å². The summed E-state index contributed by atoms with van der Waals surface area (Å²) in [6.45, 7) is 2.69. The Labute approximate surface area is 136 Å². The highest BCUT2D eigenvalue weighted by atomic mass is 16.5. The summed E-state index contributed by atoms with van der Waals surface area (Å²) in [5, 5.41) is 13.1. The predicted molar refractivity (Wildman–Crippen MR) is 92.0 cm³/mol. The number of nitrogens with one attached hydrogen (secondary N) is 1. The Morgan fingerprint density at radius 2 is 1.87 bits per heavy atom. The maximum absolute atomic E-state index is 9.88. The molecule has 23 heavy (non-hydrogen) atoms. The fourth-order valence-electron chi connectivity index (χ4n) is 2.90. The number of benzene rings is 1. The van der Waals surface area contributed by atoms with Crippen molar-refractivity contribution < 1.29 is 9.84 Å². The minimum absolute atomic E-state index is 0.299. The number of anilines is 2. The average molecular weight is 316 g/mol. The van der Waals surface area contributed by atoms with Crippen molar-refractivity contribution in [2.24, 2.45) is 0 Å². The molecule has 0 amide bonds. The van der Waals surface area contributed by atoms with Crippen LogP contribution < -0.4 is 10.2 Å². The van der Waals surface area contributed by atoms with Gasteiger partial charge in [-0.3, -0.25) is 0 Å². The number of aliphatic hydroxyl groups excluding tert-OH is 1. The van der Waals surface area contributed by atoms with Crippen molar-refractivity contribution in [1.82, 2.24) is 9.97 Å². The summed E-state index contributed by atoms with van der Waals surface area (Å²) in [7, 11) is 1.58. The van der Waals surface area contributed by atoms with Crippen LogP contribution in [0.3, 0.4) is 0 Å². The topological polar surface area (TPSA) is 70.5 Å². The molecule has 1 saturated heterocycles. The van der Waals surface area contributed by atoms with Gasteiger partial charge in [-0.15, -0.1) is 0 Å². The molecule has 2 N–H and O–H groups in total. The largest absolute Gasteiger partial charge is 0.389 e. The number of rotatable bonds is 6. The van der Waals surface area contributed by atoms with Crippen molar-refractivity contribution in [1.29, 1.82) is 0 Å². The van der Waals surface area contributed by atoms with E-state index in [1.807, 2.05) is 24.3 Å². The van der Waals surface area contributed by atoms with Crippen LogP contribution in [0.2, 0.25) is 0 Å². The van der Waals surface area contributed by atoms with Gasteiger partial charge in [-0.05, 0) is 31.4 Å². The summed E-state index contributed by atoms with van der Waals surface area (Å²) in [5.41, 5.74) is 1.76. The lowest BCUT2D eigenvalue weighted by Crippen LogP contribution is -2.32. The lowest BCUT2D eigenvalue weighted by Gasteiger charge is -2.29. The SMILES string of the molecule is COC[C@@H](O)CNc1nc2ccccc2nc1N1CCCCC1. The third-order valence-electron chi connectivity index (χ3n) is 4.07. The van der Waals surface area contributed by atoms with Gasteiger partial charge in [0.25, 0.3) is 0 Å². The van der Waals surface area contributed by atoms with Crippen LogP contribution >= 0.6 is 0 Å². The molecule has 1 aromatic carbocycles. The van der Waals surface area contributed by atoms with Crippen molar-refractivity contribution in [2.75, 3.05) is 43.6 Å². The number of nitrogens with zero attached hydrogens (tertiary/aromatic N) is 3. The highest BCUT2D eigenvalue weighted by Crippen LogP contribution is 2.27. The molecule has 0 saturated carbocycles. The number of piperidine rings is 1. The van der Waals surface area contributed by atoms with Crippen LogP contribution in [-0.4, -0.2) is 54.5 Å². The Morgan fingerprint density at radius 3 is 2.57 bits per heavy atom.